The van der Waals surface area contributed by atoms with Gasteiger partial charge in [-0.3, -0.25) is 0 Å². The first-order valence-electron chi connectivity index (χ1n) is 9.94. The molecule has 0 unspecified atom stereocenters. The van der Waals surface area contributed by atoms with Crippen molar-refractivity contribution in [1.29, 1.82) is 0 Å². The highest BCUT2D eigenvalue weighted by Crippen LogP contribution is 2.29. The van der Waals surface area contributed by atoms with E-state index in [0.29, 0.717) is 5.56 Å². The van der Waals surface area contributed by atoms with Crippen molar-refractivity contribution < 1.29 is 27.1 Å². The van der Waals surface area contributed by atoms with Crippen molar-refractivity contribution in [3.63, 3.8) is 0 Å². The van der Waals surface area contributed by atoms with E-state index in [9.17, 15) is 17.6 Å². The lowest BCUT2D eigenvalue weighted by Crippen LogP contribution is -2.33. The summed E-state index contributed by atoms with van der Waals surface area (Å²) in [4.78, 5) is 21.1. The molecule has 3 aromatic heterocycles. The largest absolute Gasteiger partial charge is 0.481 e. The standard InChI is InChI=1S/C22H25FN4O5S/c1-22(2,3)32-21(28)26(4)13-15-11-18(17-7-6-10-24-20(17)23)27(14-15)33(29,30)16-8-9-19(31-5)25-12-16/h6-12,14H,13H2,1-5H3. The number of methoxy groups -OCH3 is 1. The van der Waals surface area contributed by atoms with Gasteiger partial charge in [-0.05, 0) is 50.6 Å². The molecule has 0 aromatic carbocycles. The van der Waals surface area contributed by atoms with Crippen LogP contribution in [-0.4, -0.2) is 53.1 Å². The predicted molar refractivity (Wildman–Crippen MR) is 119 cm³/mol. The first-order valence-corrected chi connectivity index (χ1v) is 11.4. The summed E-state index contributed by atoms with van der Waals surface area (Å²) >= 11 is 0. The number of hydrogen-bond acceptors (Lipinski definition) is 7. The van der Waals surface area contributed by atoms with Crippen molar-refractivity contribution in [2.45, 2.75) is 37.8 Å². The van der Waals surface area contributed by atoms with Gasteiger partial charge < -0.3 is 14.4 Å². The molecular formula is C22H25FN4O5S. The predicted octanol–water partition coefficient (Wildman–Crippen LogP) is 3.70. The minimum atomic E-state index is -4.15. The van der Waals surface area contributed by atoms with Crippen LogP contribution in [0.4, 0.5) is 9.18 Å². The van der Waals surface area contributed by atoms with E-state index in [1.54, 1.807) is 20.8 Å². The van der Waals surface area contributed by atoms with Gasteiger partial charge in [0.1, 0.15) is 10.5 Å². The molecule has 3 aromatic rings. The van der Waals surface area contributed by atoms with Gasteiger partial charge in [0.05, 0.1) is 31.1 Å². The molecule has 9 nitrogen and oxygen atoms in total. The summed E-state index contributed by atoms with van der Waals surface area (Å²) in [7, 11) is -1.21. The number of carbonyl (C=O) groups excluding carboxylic acids is 1. The maximum atomic E-state index is 14.5. The first kappa shape index (κ1) is 24.2. The van der Waals surface area contributed by atoms with Crippen molar-refractivity contribution in [2.24, 2.45) is 0 Å². The number of rotatable bonds is 6. The summed E-state index contributed by atoms with van der Waals surface area (Å²) in [6.45, 7) is 5.27. The van der Waals surface area contributed by atoms with Crippen LogP contribution in [0.25, 0.3) is 11.3 Å². The second kappa shape index (κ2) is 9.18. The Morgan fingerprint density at radius 2 is 1.94 bits per heavy atom. The normalized spacial score (nSPS) is 11.8. The summed E-state index contributed by atoms with van der Waals surface area (Å²) in [6.07, 6.45) is 3.18. The maximum Gasteiger partial charge on any atom is 0.410 e. The van der Waals surface area contributed by atoms with Gasteiger partial charge in [-0.15, -0.1) is 0 Å². The molecule has 0 aliphatic heterocycles. The van der Waals surface area contributed by atoms with E-state index in [4.69, 9.17) is 9.47 Å². The molecule has 176 valence electrons. The third-order valence-electron chi connectivity index (χ3n) is 4.48. The summed E-state index contributed by atoms with van der Waals surface area (Å²) in [5.74, 6) is -0.577. The van der Waals surface area contributed by atoms with E-state index in [1.807, 2.05) is 0 Å². The molecule has 0 aliphatic carbocycles. The SMILES string of the molecule is COc1ccc(S(=O)(=O)n2cc(CN(C)C(=O)OC(C)(C)C)cc2-c2cccnc2F)cn1. The minimum Gasteiger partial charge on any atom is -0.481 e. The molecule has 0 spiro atoms. The third-order valence-corrected chi connectivity index (χ3v) is 6.13. The van der Waals surface area contributed by atoms with Crippen LogP contribution in [0.15, 0.2) is 53.8 Å². The number of ether oxygens (including phenoxy) is 2. The Bertz CT molecular complexity index is 1250. The lowest BCUT2D eigenvalue weighted by molar-refractivity contribution is 0.0285. The highest BCUT2D eigenvalue weighted by molar-refractivity contribution is 7.90. The van der Waals surface area contributed by atoms with Crippen LogP contribution in [0.3, 0.4) is 0 Å². The van der Waals surface area contributed by atoms with Gasteiger partial charge in [0.2, 0.25) is 11.8 Å². The van der Waals surface area contributed by atoms with Crippen LogP contribution < -0.4 is 4.74 Å². The van der Waals surface area contributed by atoms with Crippen LogP contribution >= 0.6 is 0 Å². The van der Waals surface area contributed by atoms with Crippen molar-refractivity contribution in [2.75, 3.05) is 14.2 Å². The smallest absolute Gasteiger partial charge is 0.410 e. The number of hydrogen-bond donors (Lipinski definition) is 0. The molecule has 0 saturated heterocycles. The quantitative estimate of drug-likeness (QED) is 0.500. The topological polar surface area (TPSA) is 104 Å². The van der Waals surface area contributed by atoms with Crippen LogP contribution in [0.5, 0.6) is 5.88 Å². The molecule has 0 bridgehead atoms. The fraction of sp³-hybridized carbons (Fsp3) is 0.318. The number of halogens is 1. The van der Waals surface area contributed by atoms with Gasteiger partial charge in [0.15, 0.2) is 0 Å². The molecule has 3 heterocycles. The van der Waals surface area contributed by atoms with E-state index in [2.05, 4.69) is 9.97 Å². The van der Waals surface area contributed by atoms with Gasteiger partial charge in [0.25, 0.3) is 10.0 Å². The summed E-state index contributed by atoms with van der Waals surface area (Å²) in [5, 5.41) is 0. The number of nitrogens with zero attached hydrogens (tertiary/aromatic N) is 4. The Balaban J connectivity index is 2.06. The minimum absolute atomic E-state index is 0.00582. The van der Waals surface area contributed by atoms with Gasteiger partial charge in [-0.25, -0.2) is 27.2 Å². The second-order valence-electron chi connectivity index (χ2n) is 8.25. The molecule has 33 heavy (non-hydrogen) atoms. The van der Waals surface area contributed by atoms with Crippen molar-refractivity contribution >= 4 is 16.1 Å². The fourth-order valence-electron chi connectivity index (χ4n) is 2.99. The van der Waals surface area contributed by atoms with Gasteiger partial charge >= 0.3 is 6.09 Å². The molecule has 0 saturated carbocycles. The summed E-state index contributed by atoms with van der Waals surface area (Å²) < 4.78 is 52.6. The van der Waals surface area contributed by atoms with Gasteiger partial charge in [-0.2, -0.15) is 4.39 Å². The average molecular weight is 477 g/mol. The van der Waals surface area contributed by atoms with Crippen molar-refractivity contribution in [1.82, 2.24) is 18.8 Å². The van der Waals surface area contributed by atoms with E-state index in [-0.39, 0.29) is 28.6 Å². The molecule has 0 atom stereocenters. The van der Waals surface area contributed by atoms with Crippen LogP contribution in [0.1, 0.15) is 26.3 Å². The Hall–Kier alpha value is -3.47. The Morgan fingerprint density at radius 1 is 1.21 bits per heavy atom. The zero-order valence-corrected chi connectivity index (χ0v) is 19.8. The number of pyridine rings is 2. The van der Waals surface area contributed by atoms with E-state index in [0.717, 1.165) is 10.2 Å². The highest BCUT2D eigenvalue weighted by atomic mass is 32.2. The van der Waals surface area contributed by atoms with Crippen LogP contribution in [0, 0.1) is 5.95 Å². The van der Waals surface area contributed by atoms with Crippen molar-refractivity contribution in [3.05, 3.63) is 60.4 Å². The average Bonchev–Trinajstić information content (AvgIpc) is 3.17. The van der Waals surface area contributed by atoms with Crippen molar-refractivity contribution in [3.8, 4) is 17.1 Å². The molecule has 0 N–H and O–H groups in total. The van der Waals surface area contributed by atoms with E-state index in [1.165, 1.54) is 61.8 Å². The molecule has 0 aliphatic rings. The number of carbonyl (C=O) groups is 1. The van der Waals surface area contributed by atoms with Crippen LogP contribution in [-0.2, 0) is 21.3 Å². The molecule has 0 fully saturated rings. The van der Waals surface area contributed by atoms with E-state index >= 15 is 0 Å². The zero-order chi connectivity index (χ0) is 24.4. The molecule has 3 rings (SSSR count). The molecule has 1 amide bonds. The molecule has 11 heteroatoms. The monoisotopic (exact) mass is 476 g/mol. The summed E-state index contributed by atoms with van der Waals surface area (Å²) in [6, 6.07) is 7.19. The Kier molecular flexibility index (Phi) is 6.73. The lowest BCUT2D eigenvalue weighted by atomic mass is 10.2. The number of aromatic nitrogens is 3. The third kappa shape index (κ3) is 5.48. The van der Waals surface area contributed by atoms with E-state index < -0.39 is 27.7 Å². The van der Waals surface area contributed by atoms with Gasteiger partial charge in [0, 0.05) is 25.5 Å². The lowest BCUT2D eigenvalue weighted by Gasteiger charge is -2.24. The highest BCUT2D eigenvalue weighted by Gasteiger charge is 2.26. The Labute approximate surface area is 191 Å². The first-order chi connectivity index (χ1) is 15.4. The van der Waals surface area contributed by atoms with Crippen LogP contribution in [0.2, 0.25) is 0 Å². The molecular weight excluding hydrogens is 451 g/mol. The molecule has 0 radical (unpaired) electrons. The zero-order valence-electron chi connectivity index (χ0n) is 18.9. The Morgan fingerprint density at radius 3 is 2.52 bits per heavy atom. The fourth-order valence-corrected chi connectivity index (χ4v) is 4.32. The summed E-state index contributed by atoms with van der Waals surface area (Å²) in [5.41, 5.74) is -0.184. The maximum absolute atomic E-state index is 14.5. The second-order valence-corrected chi connectivity index (χ2v) is 10.1. The number of amides is 1. The van der Waals surface area contributed by atoms with Gasteiger partial charge in [-0.1, -0.05) is 0 Å².